The van der Waals surface area contributed by atoms with Gasteiger partial charge in [0.05, 0.1) is 27.9 Å². The fourth-order valence-corrected chi connectivity index (χ4v) is 2.30. The summed E-state index contributed by atoms with van der Waals surface area (Å²) >= 11 is 12.3. The zero-order chi connectivity index (χ0) is 14.7. The van der Waals surface area contributed by atoms with E-state index in [1.165, 1.54) is 0 Å². The van der Waals surface area contributed by atoms with Gasteiger partial charge in [-0.05, 0) is 37.1 Å². The molecule has 0 saturated heterocycles. The van der Waals surface area contributed by atoms with Gasteiger partial charge in [0.15, 0.2) is 5.75 Å². The zero-order valence-corrected chi connectivity index (χ0v) is 12.6. The van der Waals surface area contributed by atoms with Crippen molar-refractivity contribution in [1.82, 2.24) is 0 Å². The van der Waals surface area contributed by atoms with E-state index < -0.39 is 5.97 Å². The fraction of sp³-hybridized carbons (Fsp3) is 0.286. The van der Waals surface area contributed by atoms with Crippen LogP contribution in [0.3, 0.4) is 0 Å². The lowest BCUT2D eigenvalue weighted by Gasteiger charge is -2.10. The number of rotatable bonds is 4. The monoisotopic (exact) mass is 313 g/mol. The Morgan fingerprint density at radius 1 is 1.35 bits per heavy atom. The highest BCUT2D eigenvalue weighted by atomic mass is 35.5. The average molecular weight is 314 g/mol. The molecule has 6 heteroatoms. The predicted molar refractivity (Wildman–Crippen MR) is 79.4 cm³/mol. The first-order chi connectivity index (χ1) is 9.52. The largest absolute Gasteiger partial charge is 0.490 e. The van der Waals surface area contributed by atoms with E-state index in [0.29, 0.717) is 39.2 Å². The molecule has 0 aliphatic carbocycles. The van der Waals surface area contributed by atoms with E-state index in [-0.39, 0.29) is 0 Å². The van der Waals surface area contributed by atoms with E-state index >= 15 is 0 Å². The second-order valence-electron chi connectivity index (χ2n) is 4.28. The Morgan fingerprint density at radius 3 is 2.50 bits per heavy atom. The lowest BCUT2D eigenvalue weighted by Crippen LogP contribution is -2.02. The van der Waals surface area contributed by atoms with Crippen molar-refractivity contribution in [3.63, 3.8) is 0 Å². The number of carbonyl (C=O) groups excluding carboxylic acids is 1. The Morgan fingerprint density at radius 2 is 2.00 bits per heavy atom. The second kappa shape index (κ2) is 6.29. The van der Waals surface area contributed by atoms with Crippen molar-refractivity contribution >= 4 is 41.0 Å². The highest BCUT2D eigenvalue weighted by Gasteiger charge is 2.22. The van der Waals surface area contributed by atoms with Crippen LogP contribution in [-0.4, -0.2) is 18.3 Å². The molecule has 20 heavy (non-hydrogen) atoms. The Bertz CT molecular complexity index is 585. The molecule has 1 aromatic carbocycles. The topological polar surface area (TPSA) is 47.9 Å². The first-order valence-corrected chi connectivity index (χ1v) is 6.88. The molecule has 0 aromatic heterocycles. The molecule has 2 rings (SSSR count). The average Bonchev–Trinajstić information content (AvgIpc) is 2.70. The molecular weight excluding hydrogens is 301 g/mol. The summed E-state index contributed by atoms with van der Waals surface area (Å²) in [5.41, 5.74) is 1.60. The van der Waals surface area contributed by atoms with Gasteiger partial charge in [-0.3, -0.25) is 0 Å². The molecule has 0 spiro atoms. The number of ether oxygens (including phenoxy) is 1. The van der Waals surface area contributed by atoms with E-state index in [4.69, 9.17) is 27.9 Å². The summed E-state index contributed by atoms with van der Waals surface area (Å²) in [6.07, 6.45) is 2.50. The van der Waals surface area contributed by atoms with Crippen molar-refractivity contribution in [3.8, 4) is 5.75 Å². The van der Waals surface area contributed by atoms with Crippen LogP contribution in [0.4, 0.5) is 0 Å². The van der Waals surface area contributed by atoms with Crippen LogP contribution in [0.25, 0.3) is 6.08 Å². The number of hydrogen-bond acceptors (Lipinski definition) is 4. The Balaban J connectivity index is 2.33. The van der Waals surface area contributed by atoms with Crippen molar-refractivity contribution in [2.45, 2.75) is 20.3 Å². The molecule has 0 bridgehead atoms. The third kappa shape index (κ3) is 3.14. The first kappa shape index (κ1) is 14.9. The summed E-state index contributed by atoms with van der Waals surface area (Å²) in [7, 11) is 0. The second-order valence-corrected chi connectivity index (χ2v) is 5.09. The van der Waals surface area contributed by atoms with Gasteiger partial charge in [0.25, 0.3) is 0 Å². The van der Waals surface area contributed by atoms with Crippen LogP contribution < -0.4 is 4.74 Å². The molecule has 0 atom stereocenters. The van der Waals surface area contributed by atoms with Gasteiger partial charge in [0, 0.05) is 0 Å². The van der Waals surface area contributed by atoms with Crippen molar-refractivity contribution in [3.05, 3.63) is 33.3 Å². The lowest BCUT2D eigenvalue weighted by atomic mass is 10.1. The van der Waals surface area contributed by atoms with Gasteiger partial charge in [-0.25, -0.2) is 4.79 Å². The van der Waals surface area contributed by atoms with Gasteiger partial charge >= 0.3 is 5.97 Å². The van der Waals surface area contributed by atoms with E-state index in [1.54, 1.807) is 25.1 Å². The van der Waals surface area contributed by atoms with Crippen LogP contribution in [0.1, 0.15) is 25.8 Å². The summed E-state index contributed by atoms with van der Waals surface area (Å²) in [5, 5.41) is 4.41. The molecule has 4 nitrogen and oxygen atoms in total. The number of halogens is 2. The standard InChI is InChI=1S/C14H13Cl2NO3/c1-3-4-19-13-11(15)6-9(7-12(13)16)5-10-8(2)17-20-14(10)18/h5-7H,3-4H2,1-2H3/b10-5-. The molecule has 106 valence electrons. The summed E-state index contributed by atoms with van der Waals surface area (Å²) in [6.45, 7) is 4.23. The van der Waals surface area contributed by atoms with Crippen LogP contribution >= 0.6 is 23.2 Å². The quantitative estimate of drug-likeness (QED) is 0.621. The number of nitrogens with zero attached hydrogens (tertiary/aromatic N) is 1. The van der Waals surface area contributed by atoms with Crippen molar-refractivity contribution < 1.29 is 14.4 Å². The van der Waals surface area contributed by atoms with E-state index in [9.17, 15) is 4.79 Å². The summed E-state index contributed by atoms with van der Waals surface area (Å²) in [5.74, 6) is -0.0298. The Labute approximate surface area is 127 Å². The Hall–Kier alpha value is -1.52. The summed E-state index contributed by atoms with van der Waals surface area (Å²) in [4.78, 5) is 16.0. The van der Waals surface area contributed by atoms with Crippen LogP contribution in [0.2, 0.25) is 10.0 Å². The number of benzene rings is 1. The summed E-state index contributed by atoms with van der Waals surface area (Å²) < 4.78 is 5.48. The summed E-state index contributed by atoms with van der Waals surface area (Å²) in [6, 6.07) is 3.37. The molecule has 0 unspecified atom stereocenters. The number of oxime groups is 1. The first-order valence-electron chi connectivity index (χ1n) is 6.12. The molecule has 1 aliphatic heterocycles. The zero-order valence-electron chi connectivity index (χ0n) is 11.1. The maximum Gasteiger partial charge on any atom is 0.367 e. The fourth-order valence-electron chi connectivity index (χ4n) is 1.69. The highest BCUT2D eigenvalue weighted by Crippen LogP contribution is 2.35. The van der Waals surface area contributed by atoms with Gasteiger partial charge < -0.3 is 9.57 Å². The minimum Gasteiger partial charge on any atom is -0.490 e. The molecule has 0 amide bonds. The predicted octanol–water partition coefficient (Wildman–Crippen LogP) is 4.10. The molecule has 0 N–H and O–H groups in total. The highest BCUT2D eigenvalue weighted by molar-refractivity contribution is 6.37. The lowest BCUT2D eigenvalue weighted by molar-refractivity contribution is -0.136. The number of hydrogen-bond donors (Lipinski definition) is 0. The molecule has 0 saturated carbocycles. The maximum atomic E-state index is 11.5. The molecular formula is C14H13Cl2NO3. The van der Waals surface area contributed by atoms with E-state index in [0.717, 1.165) is 6.42 Å². The smallest absolute Gasteiger partial charge is 0.367 e. The van der Waals surface area contributed by atoms with E-state index in [1.807, 2.05) is 6.92 Å². The van der Waals surface area contributed by atoms with Gasteiger partial charge in [-0.15, -0.1) is 0 Å². The molecule has 1 aliphatic rings. The maximum absolute atomic E-state index is 11.5. The third-order valence-electron chi connectivity index (χ3n) is 2.66. The number of carbonyl (C=O) groups is 1. The third-order valence-corrected chi connectivity index (χ3v) is 3.22. The van der Waals surface area contributed by atoms with Crippen molar-refractivity contribution in [2.24, 2.45) is 5.16 Å². The Kier molecular flexibility index (Phi) is 4.68. The molecule has 0 radical (unpaired) electrons. The molecule has 1 aromatic rings. The van der Waals surface area contributed by atoms with Crippen LogP contribution in [0.5, 0.6) is 5.75 Å². The van der Waals surface area contributed by atoms with Gasteiger partial charge in [0.1, 0.15) is 0 Å². The van der Waals surface area contributed by atoms with Crippen LogP contribution in [0.15, 0.2) is 22.9 Å². The van der Waals surface area contributed by atoms with Crippen LogP contribution in [0, 0.1) is 0 Å². The minimum absolute atomic E-state index is 0.388. The van der Waals surface area contributed by atoms with Crippen LogP contribution in [-0.2, 0) is 9.63 Å². The normalized spacial score (nSPS) is 16.3. The van der Waals surface area contributed by atoms with E-state index in [2.05, 4.69) is 9.99 Å². The minimum atomic E-state index is -0.485. The molecule has 0 fully saturated rings. The van der Waals surface area contributed by atoms with Gasteiger partial charge in [-0.1, -0.05) is 35.3 Å². The SMILES string of the molecule is CCCOc1c(Cl)cc(/C=C2\C(=O)ON=C2C)cc1Cl. The molecule has 1 heterocycles. The van der Waals surface area contributed by atoms with Crippen molar-refractivity contribution in [1.29, 1.82) is 0 Å². The van der Waals surface area contributed by atoms with Crippen molar-refractivity contribution in [2.75, 3.05) is 6.61 Å². The van der Waals surface area contributed by atoms with Gasteiger partial charge in [0.2, 0.25) is 0 Å². The van der Waals surface area contributed by atoms with Gasteiger partial charge in [-0.2, -0.15) is 0 Å².